The number of aromatic nitrogens is 4. The molecular formula is C23H23FN6. The van der Waals surface area contributed by atoms with Crippen molar-refractivity contribution < 1.29 is 4.39 Å². The Balaban J connectivity index is 1.39. The molecule has 1 aromatic carbocycles. The molecule has 30 heavy (non-hydrogen) atoms. The van der Waals surface area contributed by atoms with E-state index in [4.69, 9.17) is 0 Å². The van der Waals surface area contributed by atoms with E-state index < -0.39 is 0 Å². The number of rotatable bonds is 4. The van der Waals surface area contributed by atoms with Gasteiger partial charge in [-0.05, 0) is 48.5 Å². The lowest BCUT2D eigenvalue weighted by Crippen LogP contribution is -2.46. The number of fused-ring (bicyclic) bond motifs is 1. The molecule has 0 N–H and O–H groups in total. The Morgan fingerprint density at radius 1 is 0.967 bits per heavy atom. The third-order valence-corrected chi connectivity index (χ3v) is 5.82. The lowest BCUT2D eigenvalue weighted by Gasteiger charge is -2.38. The second-order valence-corrected chi connectivity index (χ2v) is 7.82. The first kappa shape index (κ1) is 18.8. The Morgan fingerprint density at radius 3 is 2.57 bits per heavy atom. The van der Waals surface area contributed by atoms with Crippen LogP contribution in [0.15, 0.2) is 67.1 Å². The molecule has 4 aromatic rings. The summed E-state index contributed by atoms with van der Waals surface area (Å²) in [6, 6.07) is 15.1. The van der Waals surface area contributed by atoms with E-state index in [1.54, 1.807) is 12.4 Å². The van der Waals surface area contributed by atoms with Crippen LogP contribution in [0.2, 0.25) is 0 Å². The fourth-order valence-corrected chi connectivity index (χ4v) is 4.08. The highest BCUT2D eigenvalue weighted by atomic mass is 19.1. The zero-order valence-electron chi connectivity index (χ0n) is 16.8. The fraction of sp³-hybridized carbons (Fsp3) is 0.261. The van der Waals surface area contributed by atoms with Gasteiger partial charge in [-0.3, -0.25) is 14.8 Å². The van der Waals surface area contributed by atoms with E-state index in [0.29, 0.717) is 0 Å². The largest absolute Gasteiger partial charge is 0.296 e. The average Bonchev–Trinajstić information content (AvgIpc) is 3.20. The van der Waals surface area contributed by atoms with Gasteiger partial charge in [-0.25, -0.2) is 8.91 Å². The number of nitrogens with zero attached hydrogens (tertiary/aromatic N) is 6. The molecule has 7 heteroatoms. The highest BCUT2D eigenvalue weighted by Crippen LogP contribution is 2.28. The number of hydrogen-bond acceptors (Lipinski definition) is 5. The maximum absolute atomic E-state index is 13.2. The zero-order chi connectivity index (χ0) is 20.5. The van der Waals surface area contributed by atoms with E-state index in [1.165, 1.54) is 12.1 Å². The van der Waals surface area contributed by atoms with Crippen molar-refractivity contribution in [2.75, 3.05) is 26.7 Å². The molecule has 5 rings (SSSR count). The summed E-state index contributed by atoms with van der Waals surface area (Å²) >= 11 is 0. The van der Waals surface area contributed by atoms with E-state index in [9.17, 15) is 4.39 Å². The van der Waals surface area contributed by atoms with Gasteiger partial charge in [0.05, 0.1) is 11.6 Å². The third kappa shape index (κ3) is 3.69. The first-order valence-corrected chi connectivity index (χ1v) is 10.1. The fourth-order valence-electron chi connectivity index (χ4n) is 4.08. The lowest BCUT2D eigenvalue weighted by atomic mass is 10.1. The first-order valence-electron chi connectivity index (χ1n) is 10.1. The van der Waals surface area contributed by atoms with Gasteiger partial charge in [0, 0.05) is 50.3 Å². The zero-order valence-corrected chi connectivity index (χ0v) is 16.8. The van der Waals surface area contributed by atoms with E-state index in [0.717, 1.165) is 54.1 Å². The summed E-state index contributed by atoms with van der Waals surface area (Å²) in [6.45, 7) is 3.57. The van der Waals surface area contributed by atoms with E-state index >= 15 is 0 Å². The summed E-state index contributed by atoms with van der Waals surface area (Å²) in [4.78, 5) is 8.82. The van der Waals surface area contributed by atoms with Crippen LogP contribution in [0.4, 0.5) is 4.39 Å². The molecule has 0 spiro atoms. The Morgan fingerprint density at radius 2 is 1.77 bits per heavy atom. The number of hydrogen-bond donors (Lipinski definition) is 0. The summed E-state index contributed by atoms with van der Waals surface area (Å²) in [5.41, 5.74) is 5.31. The van der Waals surface area contributed by atoms with Crippen molar-refractivity contribution >= 4 is 5.52 Å². The van der Waals surface area contributed by atoms with Crippen LogP contribution < -0.4 is 0 Å². The summed E-state index contributed by atoms with van der Waals surface area (Å²) in [5, 5.41) is 8.94. The predicted molar refractivity (Wildman–Crippen MR) is 113 cm³/mol. The van der Waals surface area contributed by atoms with E-state index in [-0.39, 0.29) is 11.9 Å². The van der Waals surface area contributed by atoms with Crippen molar-refractivity contribution in [3.63, 3.8) is 0 Å². The molecule has 4 heterocycles. The lowest BCUT2D eigenvalue weighted by molar-refractivity contribution is 0.0889. The molecule has 0 aliphatic carbocycles. The Bertz CT molecular complexity index is 1140. The van der Waals surface area contributed by atoms with Crippen LogP contribution in [-0.2, 0) is 6.54 Å². The van der Waals surface area contributed by atoms with Gasteiger partial charge < -0.3 is 0 Å². The highest BCUT2D eigenvalue weighted by Gasteiger charge is 2.29. The van der Waals surface area contributed by atoms with E-state index in [1.807, 2.05) is 35.0 Å². The Labute approximate surface area is 174 Å². The van der Waals surface area contributed by atoms with E-state index in [2.05, 4.69) is 44.3 Å². The minimum Gasteiger partial charge on any atom is -0.296 e. The van der Waals surface area contributed by atoms with Crippen molar-refractivity contribution in [1.82, 2.24) is 29.6 Å². The van der Waals surface area contributed by atoms with Gasteiger partial charge in [0.25, 0.3) is 0 Å². The molecule has 1 atom stereocenters. The second-order valence-electron chi connectivity index (χ2n) is 7.82. The standard InChI is InChI=1S/C23H23FN6/c1-28-12-13-29(14-17-2-5-20(24)6-3-17)16-22(28)23-21-7-4-19(15-30(21)27-26-23)18-8-10-25-11-9-18/h2-11,15,22H,12-14,16H2,1H3/t22-/m0/s1. The van der Waals surface area contributed by atoms with Gasteiger partial charge in [-0.1, -0.05) is 23.4 Å². The second kappa shape index (κ2) is 7.93. The maximum Gasteiger partial charge on any atom is 0.123 e. The van der Waals surface area contributed by atoms with Gasteiger partial charge in [0.2, 0.25) is 0 Å². The number of pyridine rings is 2. The molecule has 0 radical (unpaired) electrons. The molecule has 1 aliphatic rings. The van der Waals surface area contributed by atoms with Gasteiger partial charge in [0.15, 0.2) is 0 Å². The highest BCUT2D eigenvalue weighted by molar-refractivity contribution is 5.65. The Kier molecular flexibility index (Phi) is 4.98. The van der Waals surface area contributed by atoms with Gasteiger partial charge in [0.1, 0.15) is 11.5 Å². The van der Waals surface area contributed by atoms with Crippen molar-refractivity contribution in [3.05, 3.63) is 84.2 Å². The maximum atomic E-state index is 13.2. The van der Waals surface area contributed by atoms with Gasteiger partial charge in [-0.15, -0.1) is 5.10 Å². The van der Waals surface area contributed by atoms with Crippen molar-refractivity contribution in [3.8, 4) is 11.1 Å². The van der Waals surface area contributed by atoms with Crippen LogP contribution in [0.25, 0.3) is 16.6 Å². The van der Waals surface area contributed by atoms with Crippen LogP contribution in [-0.4, -0.2) is 56.3 Å². The Hall–Kier alpha value is -3.16. The van der Waals surface area contributed by atoms with Crippen molar-refractivity contribution in [2.45, 2.75) is 12.6 Å². The smallest absolute Gasteiger partial charge is 0.123 e. The summed E-state index contributed by atoms with van der Waals surface area (Å²) in [7, 11) is 2.14. The molecule has 152 valence electrons. The van der Waals surface area contributed by atoms with Gasteiger partial charge >= 0.3 is 0 Å². The van der Waals surface area contributed by atoms with Crippen LogP contribution in [0.3, 0.4) is 0 Å². The molecular weight excluding hydrogens is 379 g/mol. The molecule has 1 aliphatic heterocycles. The molecule has 0 amide bonds. The molecule has 6 nitrogen and oxygen atoms in total. The first-order chi connectivity index (χ1) is 14.7. The predicted octanol–water partition coefficient (Wildman–Crippen LogP) is 3.42. The van der Waals surface area contributed by atoms with Gasteiger partial charge in [-0.2, -0.15) is 0 Å². The van der Waals surface area contributed by atoms with Crippen LogP contribution >= 0.6 is 0 Å². The number of piperazine rings is 1. The number of halogens is 1. The SMILES string of the molecule is CN1CCN(Cc2ccc(F)cc2)C[C@H]1c1nnn2cc(-c3ccncc3)ccc12. The third-order valence-electron chi connectivity index (χ3n) is 5.82. The van der Waals surface area contributed by atoms with Crippen LogP contribution in [0.5, 0.6) is 0 Å². The monoisotopic (exact) mass is 402 g/mol. The van der Waals surface area contributed by atoms with Crippen LogP contribution in [0.1, 0.15) is 17.3 Å². The summed E-state index contributed by atoms with van der Waals surface area (Å²) in [5.74, 6) is -0.198. The summed E-state index contributed by atoms with van der Waals surface area (Å²) < 4.78 is 15.1. The molecule has 0 saturated carbocycles. The topological polar surface area (TPSA) is 49.6 Å². The molecule has 1 fully saturated rings. The molecule has 3 aromatic heterocycles. The number of benzene rings is 1. The summed E-state index contributed by atoms with van der Waals surface area (Å²) in [6.07, 6.45) is 5.60. The molecule has 0 bridgehead atoms. The minimum absolute atomic E-state index is 0.156. The normalized spacial score (nSPS) is 18.1. The minimum atomic E-state index is -0.198. The van der Waals surface area contributed by atoms with Crippen molar-refractivity contribution in [2.24, 2.45) is 0 Å². The quantitative estimate of drug-likeness (QED) is 0.524. The molecule has 1 saturated heterocycles. The van der Waals surface area contributed by atoms with Crippen molar-refractivity contribution in [1.29, 1.82) is 0 Å². The molecule has 0 unspecified atom stereocenters. The number of likely N-dealkylation sites (N-methyl/N-ethyl adjacent to an activating group) is 1. The van der Waals surface area contributed by atoms with Crippen LogP contribution in [0, 0.1) is 5.82 Å². The average molecular weight is 402 g/mol.